The van der Waals surface area contributed by atoms with Gasteiger partial charge in [-0.25, -0.2) is 4.39 Å². The third-order valence-electron chi connectivity index (χ3n) is 4.01. The molecule has 3 rings (SSSR count). The quantitative estimate of drug-likeness (QED) is 0.469. The molecule has 0 saturated carbocycles. The lowest BCUT2D eigenvalue weighted by Gasteiger charge is -2.05. The Hall–Kier alpha value is -3.36. The zero-order valence-corrected chi connectivity index (χ0v) is 13.7. The third-order valence-corrected chi connectivity index (χ3v) is 4.01. The Morgan fingerprint density at radius 2 is 1.72 bits per heavy atom. The van der Waals surface area contributed by atoms with Gasteiger partial charge < -0.3 is 0 Å². The van der Waals surface area contributed by atoms with E-state index in [0.717, 1.165) is 23.8 Å². The van der Waals surface area contributed by atoms with Crippen molar-refractivity contribution in [1.82, 2.24) is 0 Å². The highest BCUT2D eigenvalue weighted by Gasteiger charge is 2.06. The number of allylic oxidation sites excluding steroid dienone is 1. The second kappa shape index (κ2) is 7.47. The normalized spacial score (nSPS) is 9.92. The largest absolute Gasteiger partial charge is 0.205 e. The van der Waals surface area contributed by atoms with Crippen LogP contribution in [0.2, 0.25) is 0 Å². The number of benzene rings is 3. The summed E-state index contributed by atoms with van der Waals surface area (Å²) in [6.07, 6.45) is 3.69. The van der Waals surface area contributed by atoms with Crippen molar-refractivity contribution in [3.05, 3.63) is 95.3 Å². The van der Waals surface area contributed by atoms with E-state index in [0.29, 0.717) is 16.5 Å². The molecule has 0 aliphatic rings. The summed E-state index contributed by atoms with van der Waals surface area (Å²) in [6.45, 7) is 3.73. The lowest BCUT2D eigenvalue weighted by atomic mass is 10.0. The zero-order chi connectivity index (χ0) is 17.6. The number of hydrogen-bond acceptors (Lipinski definition) is 1. The van der Waals surface area contributed by atoms with E-state index in [4.69, 9.17) is 5.26 Å². The van der Waals surface area contributed by atoms with E-state index in [1.807, 2.05) is 30.3 Å². The summed E-state index contributed by atoms with van der Waals surface area (Å²) in [5.41, 5.74) is 2.87. The van der Waals surface area contributed by atoms with Crippen LogP contribution in [0.25, 0.3) is 10.8 Å². The SMILES string of the molecule is C=CCCc1ccc2c(F)c(C#Cc3ccc(C#N)cc3)ccc2c1. The molecular weight excluding hydrogens is 309 g/mol. The molecule has 3 aromatic carbocycles. The van der Waals surface area contributed by atoms with Crippen molar-refractivity contribution in [2.24, 2.45) is 0 Å². The Morgan fingerprint density at radius 1 is 0.960 bits per heavy atom. The van der Waals surface area contributed by atoms with Crippen LogP contribution in [0.4, 0.5) is 4.39 Å². The summed E-state index contributed by atoms with van der Waals surface area (Å²) in [7, 11) is 0. The molecule has 0 atom stereocenters. The summed E-state index contributed by atoms with van der Waals surface area (Å²) in [6, 6.07) is 18.4. The van der Waals surface area contributed by atoms with Crippen LogP contribution in [-0.4, -0.2) is 0 Å². The smallest absolute Gasteiger partial charge is 0.146 e. The van der Waals surface area contributed by atoms with Crippen LogP contribution in [0, 0.1) is 29.0 Å². The van der Waals surface area contributed by atoms with Crippen LogP contribution in [0.5, 0.6) is 0 Å². The van der Waals surface area contributed by atoms with Gasteiger partial charge in [0, 0.05) is 10.9 Å². The summed E-state index contributed by atoms with van der Waals surface area (Å²) in [5, 5.41) is 10.3. The fraction of sp³-hybridized carbons (Fsp3) is 0.0870. The van der Waals surface area contributed by atoms with Crippen LogP contribution in [0.3, 0.4) is 0 Å². The number of hydrogen-bond donors (Lipinski definition) is 0. The van der Waals surface area contributed by atoms with Gasteiger partial charge in [0.1, 0.15) is 5.82 Å². The van der Waals surface area contributed by atoms with Gasteiger partial charge in [-0.1, -0.05) is 42.2 Å². The topological polar surface area (TPSA) is 23.8 Å². The highest BCUT2D eigenvalue weighted by atomic mass is 19.1. The summed E-state index contributed by atoms with van der Waals surface area (Å²) < 4.78 is 14.7. The number of aryl methyl sites for hydroxylation is 1. The molecule has 0 heterocycles. The van der Waals surface area contributed by atoms with Crippen LogP contribution in [0.15, 0.2) is 67.3 Å². The van der Waals surface area contributed by atoms with E-state index in [1.54, 1.807) is 30.3 Å². The molecule has 1 nitrogen and oxygen atoms in total. The van der Waals surface area contributed by atoms with Crippen LogP contribution >= 0.6 is 0 Å². The van der Waals surface area contributed by atoms with Gasteiger partial charge in [0.05, 0.1) is 17.2 Å². The van der Waals surface area contributed by atoms with Gasteiger partial charge in [-0.15, -0.1) is 6.58 Å². The maximum Gasteiger partial charge on any atom is 0.146 e. The standard InChI is InChI=1S/C23H16FN/c1-2-3-4-18-10-14-22-21(15-18)13-12-20(23(22)24)11-9-17-5-7-19(16-25)8-6-17/h2,5-8,10,12-15H,1,3-4H2. The highest BCUT2D eigenvalue weighted by Crippen LogP contribution is 2.23. The average molecular weight is 325 g/mol. The monoisotopic (exact) mass is 325 g/mol. The Bertz CT molecular complexity index is 1030. The summed E-state index contributed by atoms with van der Waals surface area (Å²) >= 11 is 0. The molecule has 25 heavy (non-hydrogen) atoms. The number of rotatable bonds is 3. The second-order valence-electron chi connectivity index (χ2n) is 5.75. The number of halogens is 1. The molecule has 0 radical (unpaired) electrons. The van der Waals surface area contributed by atoms with E-state index in [-0.39, 0.29) is 5.82 Å². The third kappa shape index (κ3) is 3.77. The first-order valence-electron chi connectivity index (χ1n) is 8.05. The van der Waals surface area contributed by atoms with Gasteiger partial charge in [0.15, 0.2) is 0 Å². The van der Waals surface area contributed by atoms with Crippen LogP contribution < -0.4 is 0 Å². The highest BCUT2D eigenvalue weighted by molar-refractivity contribution is 5.85. The van der Waals surface area contributed by atoms with Crippen molar-refractivity contribution in [3.63, 3.8) is 0 Å². The molecule has 0 saturated heterocycles. The average Bonchev–Trinajstić information content (AvgIpc) is 2.66. The Morgan fingerprint density at radius 3 is 2.44 bits per heavy atom. The molecular formula is C23H16FN. The van der Waals surface area contributed by atoms with Gasteiger partial charge in [-0.3, -0.25) is 0 Å². The van der Waals surface area contributed by atoms with E-state index in [1.165, 1.54) is 5.56 Å². The molecule has 0 fully saturated rings. The Labute approximate surface area is 147 Å². The molecule has 3 aromatic rings. The predicted molar refractivity (Wildman–Crippen MR) is 99.6 cm³/mol. The minimum absolute atomic E-state index is 0.297. The lowest BCUT2D eigenvalue weighted by Crippen LogP contribution is -1.89. The molecule has 0 unspecified atom stereocenters. The summed E-state index contributed by atoms with van der Waals surface area (Å²) in [4.78, 5) is 0. The molecule has 0 spiro atoms. The number of nitriles is 1. The van der Waals surface area contributed by atoms with Crippen molar-refractivity contribution in [1.29, 1.82) is 5.26 Å². The maximum atomic E-state index is 14.7. The van der Waals surface area contributed by atoms with Gasteiger partial charge in [-0.05, 0) is 54.1 Å². The van der Waals surface area contributed by atoms with E-state index >= 15 is 0 Å². The molecule has 0 N–H and O–H groups in total. The van der Waals surface area contributed by atoms with Crippen LogP contribution in [0.1, 0.15) is 28.7 Å². The number of fused-ring (bicyclic) bond motifs is 1. The van der Waals surface area contributed by atoms with Crippen molar-refractivity contribution >= 4 is 10.8 Å². The lowest BCUT2D eigenvalue weighted by molar-refractivity contribution is 0.636. The molecule has 0 aliphatic heterocycles. The molecule has 2 heteroatoms. The first-order valence-corrected chi connectivity index (χ1v) is 8.05. The fourth-order valence-electron chi connectivity index (χ4n) is 2.63. The van der Waals surface area contributed by atoms with Gasteiger partial charge in [0.2, 0.25) is 0 Å². The number of nitrogens with zero attached hydrogens (tertiary/aromatic N) is 1. The van der Waals surface area contributed by atoms with Crippen molar-refractivity contribution in [3.8, 4) is 17.9 Å². The van der Waals surface area contributed by atoms with Gasteiger partial charge in [-0.2, -0.15) is 5.26 Å². The van der Waals surface area contributed by atoms with Crippen molar-refractivity contribution in [2.45, 2.75) is 12.8 Å². The molecule has 0 bridgehead atoms. The maximum absolute atomic E-state index is 14.7. The van der Waals surface area contributed by atoms with Crippen LogP contribution in [-0.2, 0) is 6.42 Å². The molecule has 0 aromatic heterocycles. The van der Waals surface area contributed by atoms with Crippen molar-refractivity contribution in [2.75, 3.05) is 0 Å². The van der Waals surface area contributed by atoms with E-state index in [2.05, 4.69) is 24.5 Å². The fourth-order valence-corrected chi connectivity index (χ4v) is 2.63. The molecule has 0 amide bonds. The summed E-state index contributed by atoms with van der Waals surface area (Å²) in [5.74, 6) is 5.54. The first-order chi connectivity index (χ1) is 12.2. The zero-order valence-electron chi connectivity index (χ0n) is 13.7. The Kier molecular flexibility index (Phi) is 4.93. The van der Waals surface area contributed by atoms with Crippen molar-refractivity contribution < 1.29 is 4.39 Å². The second-order valence-corrected chi connectivity index (χ2v) is 5.75. The van der Waals surface area contributed by atoms with Gasteiger partial charge in [0.25, 0.3) is 0 Å². The predicted octanol–water partition coefficient (Wildman–Crippen LogP) is 5.37. The van der Waals surface area contributed by atoms with E-state index < -0.39 is 0 Å². The Balaban J connectivity index is 1.92. The first kappa shape index (κ1) is 16.5. The van der Waals surface area contributed by atoms with E-state index in [9.17, 15) is 4.39 Å². The molecule has 0 aliphatic carbocycles. The minimum atomic E-state index is -0.297. The molecule has 120 valence electrons. The van der Waals surface area contributed by atoms with Gasteiger partial charge >= 0.3 is 0 Å². The minimum Gasteiger partial charge on any atom is -0.205 e.